The number of aromatic nitrogens is 2. The Bertz CT molecular complexity index is 1450. The predicted octanol–water partition coefficient (Wildman–Crippen LogP) is 1.73. The molecule has 0 aliphatic carbocycles. The van der Waals surface area contributed by atoms with E-state index in [-0.39, 0.29) is 31.1 Å². The smallest absolute Gasteiger partial charge is 0.329 e. The number of ether oxygens (including phenoxy) is 1. The largest absolute Gasteiger partial charge is 0.365 e. The molecule has 10 heteroatoms. The van der Waals surface area contributed by atoms with Crippen molar-refractivity contribution in [3.63, 3.8) is 0 Å². The molecule has 188 valence electrons. The van der Waals surface area contributed by atoms with E-state index in [0.717, 1.165) is 6.42 Å². The molecule has 1 aromatic heterocycles. The van der Waals surface area contributed by atoms with Crippen molar-refractivity contribution < 1.29 is 18.7 Å². The van der Waals surface area contributed by atoms with Crippen molar-refractivity contribution in [2.45, 2.75) is 31.9 Å². The first-order valence-corrected chi connectivity index (χ1v) is 12.0. The maximum atomic E-state index is 14.7. The van der Waals surface area contributed by atoms with Crippen LogP contribution in [0.5, 0.6) is 0 Å². The third-order valence-corrected chi connectivity index (χ3v) is 7.03. The Hall–Kier alpha value is -3.79. The zero-order chi connectivity index (χ0) is 25.4. The molecule has 9 nitrogen and oxygen atoms in total. The summed E-state index contributed by atoms with van der Waals surface area (Å²) >= 11 is 0. The van der Waals surface area contributed by atoms with Crippen molar-refractivity contribution in [3.8, 4) is 0 Å². The van der Waals surface area contributed by atoms with Gasteiger partial charge in [-0.3, -0.25) is 23.9 Å². The van der Waals surface area contributed by atoms with Gasteiger partial charge >= 0.3 is 5.69 Å². The predicted molar refractivity (Wildman–Crippen MR) is 130 cm³/mol. The van der Waals surface area contributed by atoms with Gasteiger partial charge in [-0.2, -0.15) is 0 Å². The van der Waals surface area contributed by atoms with E-state index in [4.69, 9.17) is 4.74 Å². The Morgan fingerprint density at radius 2 is 1.78 bits per heavy atom. The van der Waals surface area contributed by atoms with E-state index >= 15 is 0 Å². The quantitative estimate of drug-likeness (QED) is 0.595. The molecule has 1 atom stereocenters. The molecular formula is C26H27FN4O5. The highest BCUT2D eigenvalue weighted by molar-refractivity contribution is 5.95. The van der Waals surface area contributed by atoms with Gasteiger partial charge in [0.15, 0.2) is 0 Å². The van der Waals surface area contributed by atoms with Crippen molar-refractivity contribution in [3.05, 3.63) is 80.2 Å². The number of nitrogens with zero attached hydrogens (tertiary/aromatic N) is 3. The summed E-state index contributed by atoms with van der Waals surface area (Å²) in [5, 5.41) is 0.361. The average molecular weight is 495 g/mol. The number of piperazine rings is 1. The van der Waals surface area contributed by atoms with E-state index in [2.05, 4.69) is 4.98 Å². The summed E-state index contributed by atoms with van der Waals surface area (Å²) in [6.07, 6.45) is 1.52. The number of hydrogen-bond donors (Lipinski definition) is 1. The lowest BCUT2D eigenvalue weighted by Crippen LogP contribution is -2.55. The lowest BCUT2D eigenvalue weighted by molar-refractivity contribution is -0.152. The SMILES string of the molecule is CC1(C(=O)N2CCN(C(=O)c3cc(Cn4c(=O)[nH]c(=O)c5ccccc54)ccc3F)CC2)CCCO1. The summed E-state index contributed by atoms with van der Waals surface area (Å²) in [4.78, 5) is 56.2. The third kappa shape index (κ3) is 4.32. The van der Waals surface area contributed by atoms with Crippen molar-refractivity contribution in [2.24, 2.45) is 0 Å². The number of amides is 2. The molecule has 2 aromatic carbocycles. The molecule has 1 N–H and O–H groups in total. The van der Waals surface area contributed by atoms with E-state index < -0.39 is 28.6 Å². The minimum atomic E-state index is -0.809. The molecule has 3 aromatic rings. The number of para-hydroxylation sites is 1. The van der Waals surface area contributed by atoms with Crippen molar-refractivity contribution in [2.75, 3.05) is 32.8 Å². The van der Waals surface area contributed by atoms with Crippen LogP contribution in [0, 0.1) is 5.82 Å². The van der Waals surface area contributed by atoms with Gasteiger partial charge in [0.2, 0.25) is 0 Å². The fourth-order valence-electron chi connectivity index (χ4n) is 4.98. The second kappa shape index (κ2) is 9.34. The second-order valence-corrected chi connectivity index (χ2v) is 9.44. The van der Waals surface area contributed by atoms with Gasteiger partial charge in [0.05, 0.1) is 23.0 Å². The summed E-state index contributed by atoms with van der Waals surface area (Å²) < 4.78 is 21.8. The van der Waals surface area contributed by atoms with Gasteiger partial charge in [0.1, 0.15) is 11.4 Å². The molecule has 5 rings (SSSR count). The van der Waals surface area contributed by atoms with E-state index in [9.17, 15) is 23.6 Å². The number of benzene rings is 2. The van der Waals surface area contributed by atoms with Crippen LogP contribution < -0.4 is 11.2 Å². The van der Waals surface area contributed by atoms with E-state index in [0.29, 0.717) is 42.6 Å². The van der Waals surface area contributed by atoms with Crippen LogP contribution in [0.3, 0.4) is 0 Å². The first-order chi connectivity index (χ1) is 17.3. The number of rotatable bonds is 4. The monoisotopic (exact) mass is 494 g/mol. The van der Waals surface area contributed by atoms with Crippen LogP contribution in [0.2, 0.25) is 0 Å². The summed E-state index contributed by atoms with van der Waals surface area (Å²) in [7, 11) is 0. The molecule has 2 aliphatic rings. The number of nitrogens with one attached hydrogen (secondary N) is 1. The van der Waals surface area contributed by atoms with Gasteiger partial charge < -0.3 is 14.5 Å². The number of halogens is 1. The van der Waals surface area contributed by atoms with Crippen LogP contribution in [0.15, 0.2) is 52.1 Å². The summed E-state index contributed by atoms with van der Waals surface area (Å²) in [6.45, 7) is 3.70. The Balaban J connectivity index is 1.34. The minimum Gasteiger partial charge on any atom is -0.365 e. The van der Waals surface area contributed by atoms with E-state index in [1.165, 1.54) is 27.7 Å². The zero-order valence-corrected chi connectivity index (χ0v) is 20.0. The lowest BCUT2D eigenvalue weighted by Gasteiger charge is -2.38. The zero-order valence-electron chi connectivity index (χ0n) is 20.0. The maximum absolute atomic E-state index is 14.7. The Morgan fingerprint density at radius 1 is 1.06 bits per heavy atom. The van der Waals surface area contributed by atoms with Gasteiger partial charge in [0.25, 0.3) is 17.4 Å². The molecule has 0 radical (unpaired) electrons. The van der Waals surface area contributed by atoms with Crippen LogP contribution in [0.1, 0.15) is 35.7 Å². The fraction of sp³-hybridized carbons (Fsp3) is 0.385. The number of H-pyrrole nitrogens is 1. The molecule has 36 heavy (non-hydrogen) atoms. The van der Waals surface area contributed by atoms with Gasteiger partial charge in [-0.1, -0.05) is 18.2 Å². The highest BCUT2D eigenvalue weighted by atomic mass is 19.1. The second-order valence-electron chi connectivity index (χ2n) is 9.44. The summed E-state index contributed by atoms with van der Waals surface area (Å²) in [5.41, 5.74) is -0.982. The summed E-state index contributed by atoms with van der Waals surface area (Å²) in [6, 6.07) is 10.9. The molecule has 2 saturated heterocycles. The third-order valence-electron chi connectivity index (χ3n) is 7.03. The van der Waals surface area contributed by atoms with Gasteiger partial charge in [0, 0.05) is 32.8 Å². The normalized spacial score (nSPS) is 20.2. The van der Waals surface area contributed by atoms with Gasteiger partial charge in [-0.15, -0.1) is 0 Å². The first kappa shape index (κ1) is 23.9. The number of fused-ring (bicyclic) bond motifs is 1. The molecule has 0 spiro atoms. The Morgan fingerprint density at radius 3 is 2.50 bits per heavy atom. The number of carbonyl (C=O) groups is 2. The number of aromatic amines is 1. The minimum absolute atomic E-state index is 0.0531. The molecular weight excluding hydrogens is 467 g/mol. The number of carbonyl (C=O) groups excluding carboxylic acids is 2. The van der Waals surface area contributed by atoms with Crippen LogP contribution in [-0.4, -0.2) is 69.6 Å². The molecule has 0 saturated carbocycles. The standard InChI is InChI=1S/C26H27FN4O5/c1-26(9-4-14-36-26)24(34)30-12-10-29(11-13-30)23(33)19-15-17(7-8-20(19)27)16-31-21-6-3-2-5-18(21)22(32)28-25(31)35/h2-3,5-8,15H,4,9-14,16H2,1H3,(H,28,32,35). The molecule has 2 fully saturated rings. The van der Waals surface area contributed by atoms with E-state index in [1.807, 2.05) is 0 Å². The highest BCUT2D eigenvalue weighted by Crippen LogP contribution is 2.28. The van der Waals surface area contributed by atoms with Crippen molar-refractivity contribution in [1.29, 1.82) is 0 Å². The molecule has 0 bridgehead atoms. The van der Waals surface area contributed by atoms with Gasteiger partial charge in [-0.25, -0.2) is 9.18 Å². The molecule has 2 amide bonds. The maximum Gasteiger partial charge on any atom is 0.329 e. The van der Waals surface area contributed by atoms with Crippen LogP contribution >= 0.6 is 0 Å². The van der Waals surface area contributed by atoms with Crippen LogP contribution in [0.4, 0.5) is 4.39 Å². The van der Waals surface area contributed by atoms with Crippen molar-refractivity contribution >= 4 is 22.7 Å². The lowest BCUT2D eigenvalue weighted by atomic mass is 10.0. The summed E-state index contributed by atoms with van der Waals surface area (Å²) in [5.74, 6) is -1.20. The molecule has 3 heterocycles. The fourth-order valence-corrected chi connectivity index (χ4v) is 4.98. The molecule has 1 unspecified atom stereocenters. The topological polar surface area (TPSA) is 105 Å². The van der Waals surface area contributed by atoms with Crippen LogP contribution in [0.25, 0.3) is 10.9 Å². The van der Waals surface area contributed by atoms with Crippen molar-refractivity contribution in [1.82, 2.24) is 19.4 Å². The Kier molecular flexibility index (Phi) is 6.21. The van der Waals surface area contributed by atoms with Gasteiger partial charge in [-0.05, 0) is 49.6 Å². The highest BCUT2D eigenvalue weighted by Gasteiger charge is 2.41. The van der Waals surface area contributed by atoms with Crippen LogP contribution in [-0.2, 0) is 16.1 Å². The Labute approximate surface area is 206 Å². The average Bonchev–Trinajstić information content (AvgIpc) is 3.34. The number of hydrogen-bond acceptors (Lipinski definition) is 5. The molecule has 2 aliphatic heterocycles. The van der Waals surface area contributed by atoms with E-state index in [1.54, 1.807) is 36.1 Å². The first-order valence-electron chi connectivity index (χ1n) is 12.0.